The highest BCUT2D eigenvalue weighted by Crippen LogP contribution is 2.34. The van der Waals surface area contributed by atoms with Gasteiger partial charge in [0.2, 0.25) is 11.0 Å². The number of anilines is 2. The van der Waals surface area contributed by atoms with E-state index in [0.29, 0.717) is 15.7 Å². The number of rotatable bonds is 5. The lowest BCUT2D eigenvalue weighted by molar-refractivity contribution is -0.114. The maximum atomic E-state index is 11.3. The van der Waals surface area contributed by atoms with E-state index >= 15 is 0 Å². The minimum absolute atomic E-state index is 0.183. The molecule has 0 saturated carbocycles. The van der Waals surface area contributed by atoms with Gasteiger partial charge >= 0.3 is 0 Å². The van der Waals surface area contributed by atoms with Gasteiger partial charge in [0, 0.05) is 24.8 Å². The molecular weight excluding hydrogens is 400 g/mol. The van der Waals surface area contributed by atoms with Crippen LogP contribution in [-0.4, -0.2) is 36.7 Å². The molecule has 0 aliphatic heterocycles. The number of hydrogen-bond acceptors (Lipinski definition) is 8. The Morgan fingerprint density at radius 3 is 2.80 bits per heavy atom. The Hall–Kier alpha value is -3.84. The van der Waals surface area contributed by atoms with Crippen LogP contribution in [0.5, 0.6) is 0 Å². The first-order valence-corrected chi connectivity index (χ1v) is 10.0. The van der Waals surface area contributed by atoms with Crippen molar-refractivity contribution in [3.63, 3.8) is 0 Å². The van der Waals surface area contributed by atoms with E-state index < -0.39 is 0 Å². The molecule has 30 heavy (non-hydrogen) atoms. The van der Waals surface area contributed by atoms with Gasteiger partial charge in [0.1, 0.15) is 6.07 Å². The van der Waals surface area contributed by atoms with E-state index in [1.807, 2.05) is 32.0 Å². The van der Waals surface area contributed by atoms with Gasteiger partial charge in [-0.05, 0) is 38.1 Å². The van der Waals surface area contributed by atoms with Gasteiger partial charge in [-0.1, -0.05) is 11.3 Å². The number of pyridine rings is 1. The van der Waals surface area contributed by atoms with Crippen molar-refractivity contribution < 1.29 is 4.79 Å². The van der Waals surface area contributed by atoms with Crippen LogP contribution in [0.4, 0.5) is 10.8 Å². The largest absolute Gasteiger partial charge is 0.382 e. The van der Waals surface area contributed by atoms with Crippen LogP contribution in [0.3, 0.4) is 0 Å². The zero-order valence-corrected chi connectivity index (χ0v) is 17.4. The molecule has 0 bridgehead atoms. The highest BCUT2D eigenvalue weighted by Gasteiger charge is 2.16. The van der Waals surface area contributed by atoms with Crippen molar-refractivity contribution >= 4 is 33.6 Å². The van der Waals surface area contributed by atoms with Crippen molar-refractivity contribution in [1.82, 2.24) is 24.8 Å². The number of amides is 1. The molecule has 4 rings (SSSR count). The molecule has 0 unspecified atom stereocenters. The zero-order chi connectivity index (χ0) is 21.3. The highest BCUT2D eigenvalue weighted by atomic mass is 32.1. The summed E-state index contributed by atoms with van der Waals surface area (Å²) < 4.78 is 1.75. The molecule has 0 aliphatic rings. The molecule has 0 atom stereocenters. The number of carbonyl (C=O) groups is 1. The van der Waals surface area contributed by atoms with Crippen molar-refractivity contribution in [2.75, 3.05) is 10.6 Å². The summed E-state index contributed by atoms with van der Waals surface area (Å²) in [5.74, 6) is -0.195. The number of aromatic nitrogens is 5. The molecule has 150 valence electrons. The standard InChI is InChI=1S/C20H18N8OS/c1-11(2)24-16-7-17(18-5-4-14-6-13(8-21)9-23-28(14)18)22-10-15(16)19-26-27-20(30-19)25-12(3)29/h4-7,9-11H,1-3H3,(H,22,24)(H,25,27,29). The van der Waals surface area contributed by atoms with Gasteiger partial charge in [-0.25, -0.2) is 4.52 Å². The van der Waals surface area contributed by atoms with E-state index in [9.17, 15) is 4.79 Å². The lowest BCUT2D eigenvalue weighted by Gasteiger charge is -2.14. The third-order valence-corrected chi connectivity index (χ3v) is 5.05. The molecule has 10 heteroatoms. The fourth-order valence-corrected chi connectivity index (χ4v) is 3.80. The summed E-state index contributed by atoms with van der Waals surface area (Å²) in [6, 6.07) is 9.83. The number of nitrogens with one attached hydrogen (secondary N) is 2. The molecular formula is C20H18N8OS. The van der Waals surface area contributed by atoms with Crippen LogP contribution in [0.15, 0.2) is 36.7 Å². The fraction of sp³-hybridized carbons (Fsp3) is 0.200. The zero-order valence-electron chi connectivity index (χ0n) is 16.5. The average molecular weight is 418 g/mol. The van der Waals surface area contributed by atoms with E-state index in [1.165, 1.54) is 24.5 Å². The Bertz CT molecular complexity index is 1280. The van der Waals surface area contributed by atoms with Gasteiger partial charge in [-0.15, -0.1) is 10.2 Å². The highest BCUT2D eigenvalue weighted by molar-refractivity contribution is 7.18. The van der Waals surface area contributed by atoms with Crippen molar-refractivity contribution in [2.45, 2.75) is 26.8 Å². The smallest absolute Gasteiger partial charge is 0.223 e. The van der Waals surface area contributed by atoms with Gasteiger partial charge in [-0.2, -0.15) is 10.4 Å². The SMILES string of the molecule is CC(=O)Nc1nnc(-c2cnc(-c3ccc4cc(C#N)cnn34)cc2NC(C)C)s1. The number of nitriles is 1. The third kappa shape index (κ3) is 3.83. The second-order valence-electron chi connectivity index (χ2n) is 6.92. The Kier molecular flexibility index (Phi) is 5.12. The maximum absolute atomic E-state index is 11.3. The molecule has 4 aromatic rings. The summed E-state index contributed by atoms with van der Waals surface area (Å²) >= 11 is 1.28. The predicted octanol–water partition coefficient (Wildman–Crippen LogP) is 3.57. The number of nitrogens with zero attached hydrogens (tertiary/aromatic N) is 6. The van der Waals surface area contributed by atoms with Crippen molar-refractivity contribution in [1.29, 1.82) is 5.26 Å². The summed E-state index contributed by atoms with van der Waals surface area (Å²) in [6.07, 6.45) is 3.27. The van der Waals surface area contributed by atoms with Crippen LogP contribution in [0.25, 0.3) is 27.5 Å². The second kappa shape index (κ2) is 7.88. The van der Waals surface area contributed by atoms with Crippen LogP contribution in [0, 0.1) is 11.3 Å². The van der Waals surface area contributed by atoms with Crippen molar-refractivity contribution in [3.8, 4) is 28.0 Å². The Morgan fingerprint density at radius 2 is 2.07 bits per heavy atom. The summed E-state index contributed by atoms with van der Waals surface area (Å²) in [6.45, 7) is 5.52. The van der Waals surface area contributed by atoms with Crippen LogP contribution in [-0.2, 0) is 4.79 Å². The number of carbonyl (C=O) groups excluding carboxylic acids is 1. The third-order valence-electron chi connectivity index (χ3n) is 4.18. The predicted molar refractivity (Wildman–Crippen MR) is 115 cm³/mol. The van der Waals surface area contributed by atoms with E-state index in [2.05, 4.69) is 37.0 Å². The van der Waals surface area contributed by atoms with E-state index in [1.54, 1.807) is 16.8 Å². The minimum atomic E-state index is -0.195. The lowest BCUT2D eigenvalue weighted by Crippen LogP contribution is -2.11. The lowest BCUT2D eigenvalue weighted by atomic mass is 10.1. The van der Waals surface area contributed by atoms with E-state index in [-0.39, 0.29) is 11.9 Å². The number of hydrogen-bond donors (Lipinski definition) is 2. The average Bonchev–Trinajstić information content (AvgIpc) is 3.33. The summed E-state index contributed by atoms with van der Waals surface area (Å²) in [4.78, 5) is 15.9. The topological polar surface area (TPSA) is 121 Å². The first-order valence-electron chi connectivity index (χ1n) is 9.21. The van der Waals surface area contributed by atoms with Crippen LogP contribution in [0.1, 0.15) is 26.3 Å². The molecule has 1 amide bonds. The molecule has 4 aromatic heterocycles. The maximum Gasteiger partial charge on any atom is 0.223 e. The van der Waals surface area contributed by atoms with Gasteiger partial charge in [0.15, 0.2) is 5.01 Å². The molecule has 9 nitrogen and oxygen atoms in total. The number of fused-ring (bicyclic) bond motifs is 1. The molecule has 0 radical (unpaired) electrons. The van der Waals surface area contributed by atoms with E-state index in [0.717, 1.165) is 28.2 Å². The quantitative estimate of drug-likeness (QED) is 0.508. The molecule has 0 aliphatic carbocycles. The summed E-state index contributed by atoms with van der Waals surface area (Å²) in [7, 11) is 0. The van der Waals surface area contributed by atoms with E-state index in [4.69, 9.17) is 5.26 Å². The van der Waals surface area contributed by atoms with Gasteiger partial charge in [0.05, 0.1) is 34.2 Å². The molecule has 0 saturated heterocycles. The summed E-state index contributed by atoms with van der Waals surface area (Å²) in [5.41, 5.74) is 4.50. The molecule has 0 spiro atoms. The first kappa shape index (κ1) is 19.5. The molecule has 0 aromatic carbocycles. The van der Waals surface area contributed by atoms with Gasteiger partial charge < -0.3 is 10.6 Å². The first-order chi connectivity index (χ1) is 14.4. The van der Waals surface area contributed by atoms with Gasteiger partial charge in [-0.3, -0.25) is 9.78 Å². The molecule has 0 fully saturated rings. The van der Waals surface area contributed by atoms with Gasteiger partial charge in [0.25, 0.3) is 0 Å². The normalized spacial score (nSPS) is 10.9. The molecule has 2 N–H and O–H groups in total. The van der Waals surface area contributed by atoms with Crippen molar-refractivity contribution in [2.24, 2.45) is 0 Å². The van der Waals surface area contributed by atoms with Crippen LogP contribution >= 0.6 is 11.3 Å². The van der Waals surface area contributed by atoms with Crippen molar-refractivity contribution in [3.05, 3.63) is 42.2 Å². The summed E-state index contributed by atoms with van der Waals surface area (Å²) in [5, 5.41) is 28.8. The molecule has 4 heterocycles. The Morgan fingerprint density at radius 1 is 1.23 bits per heavy atom. The van der Waals surface area contributed by atoms with Crippen LogP contribution < -0.4 is 10.6 Å². The minimum Gasteiger partial charge on any atom is -0.382 e. The monoisotopic (exact) mass is 418 g/mol. The fourth-order valence-electron chi connectivity index (χ4n) is 2.98. The van der Waals surface area contributed by atoms with Crippen LogP contribution in [0.2, 0.25) is 0 Å². The Balaban J connectivity index is 1.77. The second-order valence-corrected chi connectivity index (χ2v) is 7.90. The Labute approximate surface area is 176 Å².